The van der Waals surface area contributed by atoms with Crippen LogP contribution in [0, 0.1) is 17.0 Å². The third-order valence-electron chi connectivity index (χ3n) is 4.91. The number of anilines is 1. The van der Waals surface area contributed by atoms with Gasteiger partial charge in [-0.15, -0.1) is 0 Å². The first-order valence-corrected chi connectivity index (χ1v) is 11.5. The summed E-state index contributed by atoms with van der Waals surface area (Å²) in [5, 5.41) is 13.7. The third-order valence-corrected chi connectivity index (χ3v) is 7.76. The van der Waals surface area contributed by atoms with Crippen molar-refractivity contribution in [3.05, 3.63) is 62.1 Å². The van der Waals surface area contributed by atoms with Crippen molar-refractivity contribution in [3.63, 3.8) is 0 Å². The molecule has 0 aliphatic carbocycles. The van der Waals surface area contributed by atoms with Crippen LogP contribution < -0.4 is 5.32 Å². The van der Waals surface area contributed by atoms with Gasteiger partial charge in [-0.3, -0.25) is 19.8 Å². The molecule has 9 nitrogen and oxygen atoms in total. The van der Waals surface area contributed by atoms with E-state index in [1.165, 1.54) is 34.6 Å². The number of amides is 1. The molecular weight excluding hydrogens is 467 g/mol. The lowest BCUT2D eigenvalue weighted by Gasteiger charge is -2.33. The molecule has 166 valence electrons. The Morgan fingerprint density at radius 3 is 2.29 bits per heavy atom. The first-order chi connectivity index (χ1) is 14.6. The molecule has 1 saturated heterocycles. The molecule has 31 heavy (non-hydrogen) atoms. The first kappa shape index (κ1) is 23.4. The number of benzene rings is 2. The fourth-order valence-corrected chi connectivity index (χ4v) is 5.79. The van der Waals surface area contributed by atoms with Gasteiger partial charge >= 0.3 is 0 Å². The zero-order valence-electron chi connectivity index (χ0n) is 16.5. The van der Waals surface area contributed by atoms with E-state index < -0.39 is 14.9 Å². The van der Waals surface area contributed by atoms with Crippen LogP contribution in [0.2, 0.25) is 10.0 Å². The summed E-state index contributed by atoms with van der Waals surface area (Å²) < 4.78 is 27.1. The van der Waals surface area contributed by atoms with Crippen LogP contribution in [0.5, 0.6) is 0 Å². The van der Waals surface area contributed by atoms with E-state index in [9.17, 15) is 23.3 Å². The van der Waals surface area contributed by atoms with Crippen LogP contribution in [0.4, 0.5) is 11.4 Å². The zero-order chi connectivity index (χ0) is 22.8. The Bertz CT molecular complexity index is 1100. The second-order valence-corrected chi connectivity index (χ2v) is 9.72. The average molecular weight is 487 g/mol. The van der Waals surface area contributed by atoms with Gasteiger partial charge < -0.3 is 5.32 Å². The topological polar surface area (TPSA) is 113 Å². The van der Waals surface area contributed by atoms with Crippen molar-refractivity contribution in [1.29, 1.82) is 0 Å². The lowest BCUT2D eigenvalue weighted by molar-refractivity contribution is -0.384. The van der Waals surface area contributed by atoms with Gasteiger partial charge in [-0.05, 0) is 30.7 Å². The Labute approximate surface area is 189 Å². The molecule has 12 heteroatoms. The lowest BCUT2D eigenvalue weighted by Crippen LogP contribution is -2.50. The molecule has 0 spiro atoms. The molecule has 1 fully saturated rings. The normalized spacial score (nSPS) is 15.6. The highest BCUT2D eigenvalue weighted by atomic mass is 35.5. The maximum absolute atomic E-state index is 12.9. The molecule has 0 unspecified atom stereocenters. The minimum Gasteiger partial charge on any atom is -0.325 e. The van der Waals surface area contributed by atoms with E-state index in [4.69, 9.17) is 23.2 Å². The highest BCUT2D eigenvalue weighted by Gasteiger charge is 2.32. The summed E-state index contributed by atoms with van der Waals surface area (Å²) in [5.41, 5.74) is 1.02. The molecule has 0 bridgehead atoms. The number of aryl methyl sites for hydroxylation is 1. The number of halogens is 2. The van der Waals surface area contributed by atoms with Crippen molar-refractivity contribution >= 4 is 50.5 Å². The predicted octanol–water partition coefficient (Wildman–Crippen LogP) is 3.16. The summed E-state index contributed by atoms with van der Waals surface area (Å²) in [4.78, 5) is 24.4. The number of nitro benzene ring substituents is 1. The molecular formula is C19H20Cl2N4O5S. The minimum absolute atomic E-state index is 0.0496. The van der Waals surface area contributed by atoms with Crippen LogP contribution in [-0.2, 0) is 14.8 Å². The van der Waals surface area contributed by atoms with E-state index in [0.717, 1.165) is 0 Å². The number of non-ortho nitro benzene ring substituents is 1. The summed E-state index contributed by atoms with van der Waals surface area (Å²) in [6, 6.07) is 8.73. The summed E-state index contributed by atoms with van der Waals surface area (Å²) in [6.45, 7) is 2.83. The van der Waals surface area contributed by atoms with Gasteiger partial charge in [-0.1, -0.05) is 29.3 Å². The SMILES string of the molecule is Cc1cc([N+](=O)[O-])ccc1NC(=O)CN1CCN(S(=O)(=O)c2c(Cl)cccc2Cl)CC1. The quantitative estimate of drug-likeness (QED) is 0.495. The van der Waals surface area contributed by atoms with Gasteiger partial charge in [0.25, 0.3) is 5.69 Å². The first-order valence-electron chi connectivity index (χ1n) is 9.31. The van der Waals surface area contributed by atoms with E-state index in [1.54, 1.807) is 13.0 Å². The fraction of sp³-hybridized carbons (Fsp3) is 0.316. The van der Waals surface area contributed by atoms with Crippen LogP contribution in [-0.4, -0.2) is 61.2 Å². The van der Waals surface area contributed by atoms with E-state index in [1.807, 2.05) is 4.90 Å². The summed E-state index contributed by atoms with van der Waals surface area (Å²) in [5.74, 6) is -0.289. The minimum atomic E-state index is -3.85. The molecule has 1 aliphatic heterocycles. The Morgan fingerprint density at radius 2 is 1.74 bits per heavy atom. The van der Waals surface area contributed by atoms with Crippen molar-refractivity contribution in [2.75, 3.05) is 38.0 Å². The fourth-order valence-electron chi connectivity index (χ4n) is 3.28. The monoisotopic (exact) mass is 486 g/mol. The van der Waals surface area contributed by atoms with Crippen molar-refractivity contribution in [2.24, 2.45) is 0 Å². The maximum Gasteiger partial charge on any atom is 0.269 e. The lowest BCUT2D eigenvalue weighted by atomic mass is 10.2. The van der Waals surface area contributed by atoms with Crippen molar-refractivity contribution in [2.45, 2.75) is 11.8 Å². The standard InChI is InChI=1S/C19H20Cl2N4O5S/c1-13-11-14(25(27)28)5-6-17(13)22-18(26)12-23-7-9-24(10-8-23)31(29,30)19-15(20)3-2-4-16(19)21/h2-6,11H,7-10,12H2,1H3,(H,22,26). The van der Waals surface area contributed by atoms with Crippen molar-refractivity contribution in [1.82, 2.24) is 9.21 Å². The smallest absolute Gasteiger partial charge is 0.269 e. The van der Waals surface area contributed by atoms with Gasteiger partial charge in [0, 0.05) is 44.0 Å². The number of sulfonamides is 1. The van der Waals surface area contributed by atoms with Crippen LogP contribution in [0.25, 0.3) is 0 Å². The maximum atomic E-state index is 12.9. The van der Waals surface area contributed by atoms with E-state index >= 15 is 0 Å². The molecule has 0 saturated carbocycles. The molecule has 0 atom stereocenters. The Kier molecular flexibility index (Phi) is 7.17. The molecule has 1 N–H and O–H groups in total. The Hall–Kier alpha value is -2.24. The average Bonchev–Trinajstić information content (AvgIpc) is 2.69. The van der Waals surface area contributed by atoms with E-state index in [-0.39, 0.29) is 46.2 Å². The van der Waals surface area contributed by atoms with Gasteiger partial charge in [-0.25, -0.2) is 8.42 Å². The number of nitrogens with zero attached hydrogens (tertiary/aromatic N) is 3. The van der Waals surface area contributed by atoms with Crippen molar-refractivity contribution in [3.8, 4) is 0 Å². The van der Waals surface area contributed by atoms with Gasteiger partial charge in [0.2, 0.25) is 15.9 Å². The number of piperazine rings is 1. The molecule has 2 aromatic rings. The Balaban J connectivity index is 1.59. The van der Waals surface area contributed by atoms with Crippen LogP contribution in [0.3, 0.4) is 0 Å². The van der Waals surface area contributed by atoms with Gasteiger partial charge in [0.05, 0.1) is 21.5 Å². The number of hydrogen-bond donors (Lipinski definition) is 1. The molecule has 1 heterocycles. The van der Waals surface area contributed by atoms with Crippen molar-refractivity contribution < 1.29 is 18.1 Å². The predicted molar refractivity (Wildman–Crippen MR) is 118 cm³/mol. The number of carbonyl (C=O) groups excluding carboxylic acids is 1. The summed E-state index contributed by atoms with van der Waals surface area (Å²) >= 11 is 12.1. The van der Waals surface area contributed by atoms with E-state index in [2.05, 4.69) is 5.32 Å². The molecule has 2 aromatic carbocycles. The second-order valence-electron chi connectivity index (χ2n) is 7.04. The molecule has 0 aromatic heterocycles. The van der Waals surface area contributed by atoms with Crippen LogP contribution in [0.1, 0.15) is 5.56 Å². The zero-order valence-corrected chi connectivity index (χ0v) is 18.9. The highest BCUT2D eigenvalue weighted by Crippen LogP contribution is 2.31. The molecule has 3 rings (SSSR count). The largest absolute Gasteiger partial charge is 0.325 e. The number of carbonyl (C=O) groups is 1. The second kappa shape index (κ2) is 9.49. The molecule has 1 amide bonds. The number of nitro groups is 1. The van der Waals surface area contributed by atoms with Gasteiger partial charge in [-0.2, -0.15) is 4.31 Å². The van der Waals surface area contributed by atoms with Crippen LogP contribution in [0.15, 0.2) is 41.3 Å². The summed E-state index contributed by atoms with van der Waals surface area (Å²) in [7, 11) is -3.85. The summed E-state index contributed by atoms with van der Waals surface area (Å²) in [6.07, 6.45) is 0. The van der Waals surface area contributed by atoms with E-state index in [0.29, 0.717) is 24.3 Å². The van der Waals surface area contributed by atoms with Crippen LogP contribution >= 0.6 is 23.2 Å². The van der Waals surface area contributed by atoms with Gasteiger partial charge in [0.1, 0.15) is 4.90 Å². The molecule has 0 radical (unpaired) electrons. The molecule has 1 aliphatic rings. The third kappa shape index (κ3) is 5.34. The Morgan fingerprint density at radius 1 is 1.13 bits per heavy atom. The number of nitrogens with one attached hydrogen (secondary N) is 1. The number of hydrogen-bond acceptors (Lipinski definition) is 6. The van der Waals surface area contributed by atoms with Gasteiger partial charge in [0.15, 0.2) is 0 Å². The number of rotatable bonds is 6. The highest BCUT2D eigenvalue weighted by molar-refractivity contribution is 7.89.